The van der Waals surface area contributed by atoms with E-state index in [9.17, 15) is 22.4 Å². The van der Waals surface area contributed by atoms with E-state index in [-0.39, 0.29) is 47.2 Å². The molecule has 1 aliphatic carbocycles. The summed E-state index contributed by atoms with van der Waals surface area (Å²) in [6.07, 6.45) is 3.29. The zero-order valence-electron chi connectivity index (χ0n) is 23.0. The molecule has 2 aromatic heterocycles. The van der Waals surface area contributed by atoms with Crippen LogP contribution >= 0.6 is 11.6 Å². The quantitative estimate of drug-likeness (QED) is 0.352. The van der Waals surface area contributed by atoms with Gasteiger partial charge in [0.05, 0.1) is 17.6 Å². The summed E-state index contributed by atoms with van der Waals surface area (Å²) in [5.74, 6) is 0.320. The number of hydrogen-bond acceptors (Lipinski definition) is 7. The molecule has 226 valence electrons. The van der Waals surface area contributed by atoms with Gasteiger partial charge in [-0.2, -0.15) is 28.2 Å². The van der Waals surface area contributed by atoms with Gasteiger partial charge in [-0.3, -0.25) is 4.79 Å². The summed E-state index contributed by atoms with van der Waals surface area (Å²) >= 11 is 6.19. The highest BCUT2D eigenvalue weighted by molar-refractivity contribution is 6.31. The Bertz CT molecular complexity index is 1430. The molecule has 4 heterocycles. The molecule has 6 rings (SSSR count). The van der Waals surface area contributed by atoms with Crippen LogP contribution in [0.5, 0.6) is 0 Å². The zero-order chi connectivity index (χ0) is 29.4. The summed E-state index contributed by atoms with van der Waals surface area (Å²) in [5, 5.41) is 11.0. The second kappa shape index (κ2) is 11.8. The fraction of sp³-hybridized carbons (Fsp3) is 0.571. The van der Waals surface area contributed by atoms with E-state index >= 15 is 0 Å². The fourth-order valence-corrected chi connectivity index (χ4v) is 6.33. The maximum atomic E-state index is 13.5. The Balaban J connectivity index is 1.24. The van der Waals surface area contributed by atoms with Gasteiger partial charge in [0, 0.05) is 36.7 Å². The van der Waals surface area contributed by atoms with Crippen LogP contribution in [0.4, 0.5) is 29.3 Å². The summed E-state index contributed by atoms with van der Waals surface area (Å²) in [5.41, 5.74) is 0.665. The lowest BCUT2D eigenvalue weighted by atomic mass is 9.87. The number of nitrogens with zero attached hydrogens (tertiary/aromatic N) is 6. The highest BCUT2D eigenvalue weighted by Gasteiger charge is 2.39. The number of carbonyl (C=O) groups excluding carboxylic acids is 1. The standard InChI is InChI=1S/C28H33ClF4N8O/c29-22-13-18(30)7-6-17(22)14-35-24-21-15-36-40(16-28(31,32)33)25(21)38-27(37-24)39-11-8-20(9-12-39)41(19-3-1-4-19)26(42)23-5-2-10-34-23/h6-7,13,15,19-20,23,34H,1-5,8-12,14,16H2,(H,35,37,38). The van der Waals surface area contributed by atoms with Crippen LogP contribution in [0.25, 0.3) is 11.0 Å². The molecule has 3 aliphatic rings. The monoisotopic (exact) mass is 608 g/mol. The van der Waals surface area contributed by atoms with E-state index < -0.39 is 18.5 Å². The Kier molecular flexibility index (Phi) is 8.14. The first kappa shape index (κ1) is 28.9. The van der Waals surface area contributed by atoms with Crippen molar-refractivity contribution >= 4 is 40.3 Å². The molecule has 42 heavy (non-hydrogen) atoms. The van der Waals surface area contributed by atoms with E-state index in [1.165, 1.54) is 24.4 Å². The molecule has 0 radical (unpaired) electrons. The van der Waals surface area contributed by atoms with Gasteiger partial charge in [0.2, 0.25) is 11.9 Å². The molecule has 3 fully saturated rings. The van der Waals surface area contributed by atoms with Crippen molar-refractivity contribution in [2.75, 3.05) is 29.9 Å². The summed E-state index contributed by atoms with van der Waals surface area (Å²) in [6.45, 7) is 0.863. The number of aromatic nitrogens is 4. The lowest BCUT2D eigenvalue weighted by Crippen LogP contribution is -2.57. The van der Waals surface area contributed by atoms with Gasteiger partial charge < -0.3 is 20.4 Å². The number of carbonyl (C=O) groups is 1. The van der Waals surface area contributed by atoms with E-state index in [0.29, 0.717) is 42.7 Å². The lowest BCUT2D eigenvalue weighted by molar-refractivity contribution is -0.142. The topological polar surface area (TPSA) is 91.2 Å². The minimum absolute atomic E-state index is 0.0609. The summed E-state index contributed by atoms with van der Waals surface area (Å²) in [6, 6.07) is 4.28. The first-order valence-corrected chi connectivity index (χ1v) is 14.8. The lowest BCUT2D eigenvalue weighted by Gasteiger charge is -2.46. The molecule has 2 saturated heterocycles. The predicted octanol–water partition coefficient (Wildman–Crippen LogP) is 4.90. The van der Waals surface area contributed by atoms with Crippen molar-refractivity contribution in [1.29, 1.82) is 0 Å². The van der Waals surface area contributed by atoms with Crippen molar-refractivity contribution in [3.63, 3.8) is 0 Å². The Morgan fingerprint density at radius 3 is 2.50 bits per heavy atom. The average Bonchev–Trinajstić information content (AvgIpc) is 3.60. The van der Waals surface area contributed by atoms with Crippen molar-refractivity contribution in [3.8, 4) is 0 Å². The summed E-state index contributed by atoms with van der Waals surface area (Å²) < 4.78 is 54.3. The number of fused-ring (bicyclic) bond motifs is 1. The predicted molar refractivity (Wildman–Crippen MR) is 151 cm³/mol. The normalized spacial score (nSPS) is 20.2. The maximum absolute atomic E-state index is 13.5. The Hall–Kier alpha value is -3.19. The van der Waals surface area contributed by atoms with Crippen LogP contribution in [0.1, 0.15) is 50.5 Å². The number of benzene rings is 1. The number of anilines is 2. The van der Waals surface area contributed by atoms with E-state index in [0.717, 1.165) is 43.3 Å². The first-order chi connectivity index (χ1) is 20.2. The number of nitrogens with one attached hydrogen (secondary N) is 2. The minimum Gasteiger partial charge on any atom is -0.365 e. The van der Waals surface area contributed by atoms with Gasteiger partial charge in [0.25, 0.3) is 0 Å². The largest absolute Gasteiger partial charge is 0.408 e. The molecular weight excluding hydrogens is 576 g/mol. The van der Waals surface area contributed by atoms with Crippen LogP contribution in [-0.2, 0) is 17.9 Å². The molecule has 1 saturated carbocycles. The summed E-state index contributed by atoms with van der Waals surface area (Å²) in [7, 11) is 0. The highest BCUT2D eigenvalue weighted by Crippen LogP contribution is 2.33. The van der Waals surface area contributed by atoms with E-state index in [1.807, 2.05) is 4.90 Å². The molecule has 1 aromatic carbocycles. The molecule has 2 N–H and O–H groups in total. The maximum Gasteiger partial charge on any atom is 0.408 e. The van der Waals surface area contributed by atoms with Crippen molar-refractivity contribution in [2.45, 2.75) is 82.3 Å². The van der Waals surface area contributed by atoms with Crippen LogP contribution in [0.3, 0.4) is 0 Å². The molecule has 0 spiro atoms. The second-order valence-corrected chi connectivity index (χ2v) is 11.7. The smallest absolute Gasteiger partial charge is 0.365 e. The molecule has 9 nitrogen and oxygen atoms in total. The number of hydrogen-bond donors (Lipinski definition) is 2. The molecule has 14 heteroatoms. The second-order valence-electron chi connectivity index (χ2n) is 11.3. The molecule has 0 bridgehead atoms. The van der Waals surface area contributed by atoms with Gasteiger partial charge in [-0.25, -0.2) is 9.07 Å². The van der Waals surface area contributed by atoms with Gasteiger partial charge in [0.15, 0.2) is 5.65 Å². The number of amides is 1. The number of alkyl halides is 3. The Morgan fingerprint density at radius 1 is 1.10 bits per heavy atom. The molecule has 1 amide bonds. The molecule has 1 unspecified atom stereocenters. The molecule has 3 aromatic rings. The Labute approximate surface area is 245 Å². The third-order valence-electron chi connectivity index (χ3n) is 8.50. The highest BCUT2D eigenvalue weighted by atomic mass is 35.5. The zero-order valence-corrected chi connectivity index (χ0v) is 23.8. The van der Waals surface area contributed by atoms with Gasteiger partial charge in [-0.05, 0) is 69.2 Å². The van der Waals surface area contributed by atoms with Crippen molar-refractivity contribution < 1.29 is 22.4 Å². The van der Waals surface area contributed by atoms with Gasteiger partial charge in [-0.1, -0.05) is 17.7 Å². The van der Waals surface area contributed by atoms with Crippen LogP contribution in [0, 0.1) is 5.82 Å². The van der Waals surface area contributed by atoms with Crippen molar-refractivity contribution in [3.05, 3.63) is 40.8 Å². The van der Waals surface area contributed by atoms with Crippen LogP contribution in [0.2, 0.25) is 5.02 Å². The minimum atomic E-state index is -4.48. The average molecular weight is 609 g/mol. The number of halogens is 5. The van der Waals surface area contributed by atoms with E-state index in [2.05, 4.69) is 30.6 Å². The van der Waals surface area contributed by atoms with Crippen LogP contribution < -0.4 is 15.5 Å². The van der Waals surface area contributed by atoms with E-state index in [1.54, 1.807) is 0 Å². The number of piperidine rings is 1. The van der Waals surface area contributed by atoms with Crippen molar-refractivity contribution in [2.24, 2.45) is 0 Å². The number of rotatable bonds is 8. The molecule has 1 atom stereocenters. The van der Waals surface area contributed by atoms with Gasteiger partial charge in [-0.15, -0.1) is 0 Å². The third-order valence-corrected chi connectivity index (χ3v) is 8.85. The first-order valence-electron chi connectivity index (χ1n) is 14.4. The molecular formula is C28H33ClF4N8O. The Morgan fingerprint density at radius 2 is 1.86 bits per heavy atom. The SMILES string of the molecule is O=C(C1CCCN1)N(C1CCC1)C1CCN(c2nc(NCc3ccc(F)cc3Cl)c3cnn(CC(F)(F)F)c3n2)CC1. The van der Waals surface area contributed by atoms with Crippen LogP contribution in [0.15, 0.2) is 24.4 Å². The fourth-order valence-electron chi connectivity index (χ4n) is 6.09. The van der Waals surface area contributed by atoms with E-state index in [4.69, 9.17) is 11.6 Å². The van der Waals surface area contributed by atoms with Crippen LogP contribution in [-0.4, -0.2) is 74.5 Å². The van der Waals surface area contributed by atoms with Crippen molar-refractivity contribution in [1.82, 2.24) is 30.0 Å². The summed E-state index contributed by atoms with van der Waals surface area (Å²) in [4.78, 5) is 26.7. The van der Waals surface area contributed by atoms with Gasteiger partial charge >= 0.3 is 6.18 Å². The van der Waals surface area contributed by atoms with Gasteiger partial charge in [0.1, 0.15) is 18.2 Å². The third kappa shape index (κ3) is 6.12. The molecule has 2 aliphatic heterocycles.